The number of benzene rings is 2. The van der Waals surface area contributed by atoms with Crippen LogP contribution in [0.5, 0.6) is 0 Å². The molecule has 0 spiro atoms. The fourth-order valence-corrected chi connectivity index (χ4v) is 2.30. The van der Waals surface area contributed by atoms with Gasteiger partial charge in [0.05, 0.1) is 0 Å². The van der Waals surface area contributed by atoms with Gasteiger partial charge in [0.25, 0.3) is 0 Å². The van der Waals surface area contributed by atoms with Crippen LogP contribution in [0.1, 0.15) is 31.0 Å². The lowest BCUT2D eigenvalue weighted by atomic mass is 10.0. The van der Waals surface area contributed by atoms with Gasteiger partial charge in [-0.05, 0) is 43.5 Å². The number of rotatable bonds is 5. The fraction of sp³-hybridized carbons (Fsp3) is 0.294. The Morgan fingerprint density at radius 2 is 1.58 bits per heavy atom. The van der Waals surface area contributed by atoms with E-state index in [2.05, 4.69) is 43.4 Å². The molecule has 1 nitrogen and oxygen atoms in total. The van der Waals surface area contributed by atoms with Gasteiger partial charge in [0.15, 0.2) is 0 Å². The molecule has 0 aliphatic rings. The van der Waals surface area contributed by atoms with Crippen molar-refractivity contribution in [3.8, 4) is 0 Å². The molecule has 2 aromatic carbocycles. The van der Waals surface area contributed by atoms with Gasteiger partial charge in [-0.2, -0.15) is 0 Å². The van der Waals surface area contributed by atoms with Crippen molar-refractivity contribution in [3.63, 3.8) is 0 Å². The van der Waals surface area contributed by atoms with Gasteiger partial charge in [0.2, 0.25) is 0 Å². The lowest BCUT2D eigenvalue weighted by molar-refractivity contribution is 0.477. The first-order chi connectivity index (χ1) is 9.15. The van der Waals surface area contributed by atoms with Gasteiger partial charge in [0.1, 0.15) is 5.82 Å². The third-order valence-electron chi connectivity index (χ3n) is 3.29. The van der Waals surface area contributed by atoms with E-state index < -0.39 is 0 Å². The maximum atomic E-state index is 12.8. The molecule has 0 aromatic heterocycles. The summed E-state index contributed by atoms with van der Waals surface area (Å²) in [4.78, 5) is 0. The van der Waals surface area contributed by atoms with E-state index in [4.69, 9.17) is 0 Å². The molecule has 0 saturated carbocycles. The van der Waals surface area contributed by atoms with Gasteiger partial charge < -0.3 is 5.32 Å². The summed E-state index contributed by atoms with van der Waals surface area (Å²) in [6, 6.07) is 17.8. The van der Waals surface area contributed by atoms with Crippen molar-refractivity contribution in [2.75, 3.05) is 0 Å². The maximum absolute atomic E-state index is 12.8. The number of hydrogen-bond donors (Lipinski definition) is 1. The topological polar surface area (TPSA) is 12.0 Å². The van der Waals surface area contributed by atoms with Crippen molar-refractivity contribution < 1.29 is 4.39 Å². The summed E-state index contributed by atoms with van der Waals surface area (Å²) < 4.78 is 12.8. The van der Waals surface area contributed by atoms with Crippen LogP contribution in [-0.2, 0) is 6.42 Å². The smallest absolute Gasteiger partial charge is 0.123 e. The molecular formula is C17H20FN. The molecule has 2 heteroatoms. The molecule has 0 bridgehead atoms. The Hall–Kier alpha value is -1.67. The molecule has 0 radical (unpaired) electrons. The molecule has 0 aliphatic carbocycles. The van der Waals surface area contributed by atoms with Gasteiger partial charge in [-0.1, -0.05) is 42.5 Å². The standard InChI is InChI=1S/C17H20FN/c1-13(12-15-8-10-17(18)11-9-15)19-14(2)16-6-4-3-5-7-16/h3-11,13-14,19H,12H2,1-2H3. The zero-order valence-corrected chi connectivity index (χ0v) is 11.4. The van der Waals surface area contributed by atoms with E-state index in [-0.39, 0.29) is 5.82 Å². The van der Waals surface area contributed by atoms with Crippen LogP contribution in [0.4, 0.5) is 4.39 Å². The Bertz CT molecular complexity index is 492. The summed E-state index contributed by atoms with van der Waals surface area (Å²) in [7, 11) is 0. The van der Waals surface area contributed by atoms with Crippen LogP contribution in [0.3, 0.4) is 0 Å². The first kappa shape index (κ1) is 13.8. The van der Waals surface area contributed by atoms with Crippen LogP contribution in [0, 0.1) is 5.82 Å². The van der Waals surface area contributed by atoms with Crippen molar-refractivity contribution in [1.29, 1.82) is 0 Å². The van der Waals surface area contributed by atoms with Gasteiger partial charge >= 0.3 is 0 Å². The van der Waals surface area contributed by atoms with Gasteiger partial charge in [-0.3, -0.25) is 0 Å². The minimum Gasteiger partial charge on any atom is -0.307 e. The number of hydrogen-bond acceptors (Lipinski definition) is 1. The Balaban J connectivity index is 1.90. The Kier molecular flexibility index (Phi) is 4.69. The van der Waals surface area contributed by atoms with E-state index in [1.807, 2.05) is 18.2 Å². The van der Waals surface area contributed by atoms with Crippen LogP contribution < -0.4 is 5.32 Å². The summed E-state index contributed by atoms with van der Waals surface area (Å²) >= 11 is 0. The summed E-state index contributed by atoms with van der Waals surface area (Å²) in [6.45, 7) is 4.32. The van der Waals surface area contributed by atoms with E-state index in [0.717, 1.165) is 12.0 Å². The Morgan fingerprint density at radius 1 is 0.947 bits per heavy atom. The molecule has 2 rings (SSSR count). The monoisotopic (exact) mass is 257 g/mol. The minimum atomic E-state index is -0.179. The highest BCUT2D eigenvalue weighted by molar-refractivity contribution is 5.19. The molecular weight excluding hydrogens is 237 g/mol. The Morgan fingerprint density at radius 3 is 2.21 bits per heavy atom. The minimum absolute atomic E-state index is 0.179. The van der Waals surface area contributed by atoms with Crippen LogP contribution >= 0.6 is 0 Å². The number of halogens is 1. The predicted molar refractivity (Wildman–Crippen MR) is 77.6 cm³/mol. The van der Waals surface area contributed by atoms with E-state index in [1.54, 1.807) is 0 Å². The molecule has 2 atom stereocenters. The zero-order chi connectivity index (χ0) is 13.7. The molecule has 1 N–H and O–H groups in total. The molecule has 19 heavy (non-hydrogen) atoms. The summed E-state index contributed by atoms with van der Waals surface area (Å²) in [5, 5.41) is 3.57. The molecule has 0 heterocycles. The van der Waals surface area contributed by atoms with Crippen molar-refractivity contribution >= 4 is 0 Å². The van der Waals surface area contributed by atoms with Gasteiger partial charge in [0, 0.05) is 12.1 Å². The normalized spacial score (nSPS) is 14.1. The second-order valence-corrected chi connectivity index (χ2v) is 5.03. The summed E-state index contributed by atoms with van der Waals surface area (Å²) in [5.41, 5.74) is 2.44. The average Bonchev–Trinajstić information content (AvgIpc) is 2.42. The SMILES string of the molecule is CC(Cc1ccc(F)cc1)NC(C)c1ccccc1. The number of nitrogens with one attached hydrogen (secondary N) is 1. The third-order valence-corrected chi connectivity index (χ3v) is 3.29. The summed E-state index contributed by atoms with van der Waals surface area (Å²) in [6.07, 6.45) is 0.900. The molecule has 0 aliphatic heterocycles. The molecule has 100 valence electrons. The summed E-state index contributed by atoms with van der Waals surface area (Å²) in [5.74, 6) is -0.179. The highest BCUT2D eigenvalue weighted by atomic mass is 19.1. The maximum Gasteiger partial charge on any atom is 0.123 e. The van der Waals surface area contributed by atoms with Crippen molar-refractivity contribution in [3.05, 3.63) is 71.5 Å². The zero-order valence-electron chi connectivity index (χ0n) is 11.4. The predicted octanol–water partition coefficient (Wildman–Crippen LogP) is 4.11. The molecule has 2 aromatic rings. The second kappa shape index (κ2) is 6.48. The molecule has 0 saturated heterocycles. The fourth-order valence-electron chi connectivity index (χ4n) is 2.30. The van der Waals surface area contributed by atoms with E-state index in [1.165, 1.54) is 17.7 Å². The quantitative estimate of drug-likeness (QED) is 0.850. The van der Waals surface area contributed by atoms with E-state index in [9.17, 15) is 4.39 Å². The van der Waals surface area contributed by atoms with Gasteiger partial charge in [-0.15, -0.1) is 0 Å². The first-order valence-corrected chi connectivity index (χ1v) is 6.70. The van der Waals surface area contributed by atoms with E-state index >= 15 is 0 Å². The van der Waals surface area contributed by atoms with Gasteiger partial charge in [-0.25, -0.2) is 4.39 Å². The molecule has 0 amide bonds. The molecule has 0 fully saturated rings. The highest BCUT2D eigenvalue weighted by Gasteiger charge is 2.09. The van der Waals surface area contributed by atoms with Crippen molar-refractivity contribution in [2.24, 2.45) is 0 Å². The van der Waals surface area contributed by atoms with Crippen molar-refractivity contribution in [2.45, 2.75) is 32.4 Å². The largest absolute Gasteiger partial charge is 0.307 e. The van der Waals surface area contributed by atoms with Crippen LogP contribution in [0.15, 0.2) is 54.6 Å². The third kappa shape index (κ3) is 4.18. The average molecular weight is 257 g/mol. The van der Waals surface area contributed by atoms with E-state index in [0.29, 0.717) is 12.1 Å². The lowest BCUT2D eigenvalue weighted by Gasteiger charge is -2.20. The highest BCUT2D eigenvalue weighted by Crippen LogP contribution is 2.13. The van der Waals surface area contributed by atoms with Crippen LogP contribution in [-0.4, -0.2) is 6.04 Å². The first-order valence-electron chi connectivity index (χ1n) is 6.70. The Labute approximate surface area is 114 Å². The van der Waals surface area contributed by atoms with Crippen LogP contribution in [0.25, 0.3) is 0 Å². The second-order valence-electron chi connectivity index (χ2n) is 5.03. The van der Waals surface area contributed by atoms with Crippen molar-refractivity contribution in [1.82, 2.24) is 5.32 Å². The lowest BCUT2D eigenvalue weighted by Crippen LogP contribution is -2.30. The molecule has 2 unspecified atom stereocenters. The van der Waals surface area contributed by atoms with Crippen LogP contribution in [0.2, 0.25) is 0 Å².